The largest absolute Gasteiger partial charge is 0.493 e. The highest BCUT2D eigenvalue weighted by Gasteiger charge is 2.15. The molecule has 19 heavy (non-hydrogen) atoms. The third kappa shape index (κ3) is 4.87. The average molecular weight is 283 g/mol. The van der Waals surface area contributed by atoms with Crippen LogP contribution in [0.5, 0.6) is 5.75 Å². The Bertz CT molecular complexity index is 441. The van der Waals surface area contributed by atoms with E-state index in [1.54, 1.807) is 6.92 Å². The van der Waals surface area contributed by atoms with Crippen molar-refractivity contribution < 1.29 is 9.53 Å². The van der Waals surface area contributed by atoms with Crippen LogP contribution in [-0.4, -0.2) is 12.4 Å². The monoisotopic (exact) mass is 282 g/mol. The lowest BCUT2D eigenvalue weighted by molar-refractivity contribution is -0.117. The van der Waals surface area contributed by atoms with E-state index in [9.17, 15) is 4.79 Å². The fourth-order valence-electron chi connectivity index (χ4n) is 1.97. The molecule has 1 unspecified atom stereocenters. The molecule has 0 heterocycles. The Labute approximate surface area is 121 Å². The van der Waals surface area contributed by atoms with Gasteiger partial charge >= 0.3 is 0 Å². The van der Waals surface area contributed by atoms with Gasteiger partial charge in [0, 0.05) is 11.4 Å². The lowest BCUT2D eigenvalue weighted by Crippen LogP contribution is -2.04. The summed E-state index contributed by atoms with van der Waals surface area (Å²) < 4.78 is 5.81. The molecule has 0 aliphatic rings. The number of hydrogen-bond acceptors (Lipinski definition) is 2. The van der Waals surface area contributed by atoms with E-state index in [2.05, 4.69) is 13.8 Å². The van der Waals surface area contributed by atoms with Gasteiger partial charge in [-0.25, -0.2) is 0 Å². The Morgan fingerprint density at radius 1 is 1.42 bits per heavy atom. The van der Waals surface area contributed by atoms with Crippen molar-refractivity contribution >= 4 is 17.4 Å². The van der Waals surface area contributed by atoms with Gasteiger partial charge in [0.2, 0.25) is 0 Å². The third-order valence-electron chi connectivity index (χ3n) is 3.21. The molecule has 1 atom stereocenters. The summed E-state index contributed by atoms with van der Waals surface area (Å²) in [6, 6.07) is 3.98. The Kier molecular flexibility index (Phi) is 6.36. The molecule has 0 spiro atoms. The quantitative estimate of drug-likeness (QED) is 0.710. The van der Waals surface area contributed by atoms with E-state index in [1.807, 2.05) is 19.1 Å². The highest BCUT2D eigenvalue weighted by atomic mass is 35.5. The molecule has 1 rings (SSSR count). The summed E-state index contributed by atoms with van der Waals surface area (Å²) in [7, 11) is 0. The predicted octanol–water partition coefficient (Wildman–Crippen LogP) is 4.91. The zero-order chi connectivity index (χ0) is 14.4. The lowest BCUT2D eigenvalue weighted by atomic mass is 9.93. The van der Waals surface area contributed by atoms with Crippen LogP contribution < -0.4 is 4.74 Å². The fourth-order valence-corrected chi connectivity index (χ4v) is 2.14. The normalized spacial score (nSPS) is 12.3. The van der Waals surface area contributed by atoms with Crippen molar-refractivity contribution in [1.82, 2.24) is 0 Å². The molecule has 106 valence electrons. The van der Waals surface area contributed by atoms with Crippen molar-refractivity contribution in [3.63, 3.8) is 0 Å². The van der Waals surface area contributed by atoms with Gasteiger partial charge in [0.1, 0.15) is 11.5 Å². The molecule has 1 aromatic rings. The van der Waals surface area contributed by atoms with Gasteiger partial charge in [0.25, 0.3) is 0 Å². The summed E-state index contributed by atoms with van der Waals surface area (Å²) in [5.41, 5.74) is 2.13. The average Bonchev–Trinajstić information content (AvgIpc) is 2.36. The first-order chi connectivity index (χ1) is 8.95. The number of halogens is 1. The number of ether oxygens (including phenoxy) is 1. The third-order valence-corrected chi connectivity index (χ3v) is 3.62. The predicted molar refractivity (Wildman–Crippen MR) is 80.3 cm³/mol. The van der Waals surface area contributed by atoms with E-state index < -0.39 is 0 Å². The first-order valence-electron chi connectivity index (χ1n) is 6.88. The molecule has 0 aromatic heterocycles. The SMILES string of the molecule is CCCOc1cc(C)c(Cl)cc1C(C)CCC(C)=O. The number of aryl methyl sites for hydroxylation is 1. The van der Waals surface area contributed by atoms with E-state index in [0.29, 0.717) is 13.0 Å². The van der Waals surface area contributed by atoms with Crippen LogP contribution in [0, 0.1) is 6.92 Å². The van der Waals surface area contributed by atoms with E-state index in [-0.39, 0.29) is 11.7 Å². The zero-order valence-corrected chi connectivity index (χ0v) is 13.0. The van der Waals surface area contributed by atoms with Crippen LogP contribution >= 0.6 is 11.6 Å². The number of carbonyl (C=O) groups is 1. The minimum Gasteiger partial charge on any atom is -0.493 e. The second-order valence-corrected chi connectivity index (χ2v) is 5.54. The summed E-state index contributed by atoms with van der Waals surface area (Å²) in [4.78, 5) is 11.1. The molecular weight excluding hydrogens is 260 g/mol. The first kappa shape index (κ1) is 16.0. The Hall–Kier alpha value is -1.02. The van der Waals surface area contributed by atoms with Gasteiger partial charge in [-0.1, -0.05) is 25.4 Å². The molecule has 0 N–H and O–H groups in total. The van der Waals surface area contributed by atoms with Crippen molar-refractivity contribution in [2.24, 2.45) is 0 Å². The smallest absolute Gasteiger partial charge is 0.129 e. The van der Waals surface area contributed by atoms with Gasteiger partial charge in [-0.05, 0) is 55.9 Å². The zero-order valence-electron chi connectivity index (χ0n) is 12.3. The maximum absolute atomic E-state index is 11.1. The molecular formula is C16H23ClO2. The van der Waals surface area contributed by atoms with Gasteiger partial charge < -0.3 is 9.53 Å². The van der Waals surface area contributed by atoms with Crippen LogP contribution in [0.2, 0.25) is 5.02 Å². The van der Waals surface area contributed by atoms with Gasteiger partial charge in [0.05, 0.1) is 6.61 Å². The molecule has 0 aliphatic heterocycles. The van der Waals surface area contributed by atoms with Crippen LogP contribution in [0.25, 0.3) is 0 Å². The highest BCUT2D eigenvalue weighted by Crippen LogP contribution is 2.34. The second kappa shape index (κ2) is 7.54. The summed E-state index contributed by atoms with van der Waals surface area (Å²) in [5, 5.41) is 0.758. The molecule has 1 aromatic carbocycles. The number of Topliss-reactive ketones (excluding diaryl/α,β-unsaturated/α-hetero) is 1. The van der Waals surface area contributed by atoms with Crippen LogP contribution in [0.3, 0.4) is 0 Å². The van der Waals surface area contributed by atoms with Crippen molar-refractivity contribution in [2.45, 2.75) is 52.9 Å². The number of hydrogen-bond donors (Lipinski definition) is 0. The van der Waals surface area contributed by atoms with E-state index in [0.717, 1.165) is 34.7 Å². The van der Waals surface area contributed by atoms with E-state index in [1.165, 1.54) is 0 Å². The van der Waals surface area contributed by atoms with Crippen molar-refractivity contribution in [3.05, 3.63) is 28.3 Å². The highest BCUT2D eigenvalue weighted by molar-refractivity contribution is 6.31. The van der Waals surface area contributed by atoms with Crippen LogP contribution in [0.15, 0.2) is 12.1 Å². The molecule has 0 fully saturated rings. The Morgan fingerprint density at radius 2 is 2.11 bits per heavy atom. The van der Waals surface area contributed by atoms with Crippen molar-refractivity contribution in [1.29, 1.82) is 0 Å². The number of ketones is 1. The van der Waals surface area contributed by atoms with E-state index >= 15 is 0 Å². The molecule has 0 saturated carbocycles. The van der Waals surface area contributed by atoms with Gasteiger partial charge in [-0.2, -0.15) is 0 Å². The topological polar surface area (TPSA) is 26.3 Å². The summed E-state index contributed by atoms with van der Waals surface area (Å²) >= 11 is 6.20. The van der Waals surface area contributed by atoms with Crippen molar-refractivity contribution in [3.8, 4) is 5.75 Å². The summed E-state index contributed by atoms with van der Waals surface area (Å²) in [6.07, 6.45) is 2.40. The summed E-state index contributed by atoms with van der Waals surface area (Å²) in [5.74, 6) is 1.40. The van der Waals surface area contributed by atoms with Crippen LogP contribution in [-0.2, 0) is 4.79 Å². The molecule has 0 radical (unpaired) electrons. The molecule has 0 amide bonds. The fraction of sp³-hybridized carbons (Fsp3) is 0.562. The number of carbonyl (C=O) groups excluding carboxylic acids is 1. The molecule has 3 heteroatoms. The first-order valence-corrected chi connectivity index (χ1v) is 7.25. The standard InChI is InChI=1S/C16H23ClO2/c1-5-8-19-16-9-12(3)15(17)10-14(16)11(2)6-7-13(4)18/h9-11H,5-8H2,1-4H3. The number of benzene rings is 1. The Morgan fingerprint density at radius 3 is 2.68 bits per heavy atom. The lowest BCUT2D eigenvalue weighted by Gasteiger charge is -2.18. The summed E-state index contributed by atoms with van der Waals surface area (Å²) in [6.45, 7) is 8.51. The van der Waals surface area contributed by atoms with Gasteiger partial charge in [-0.15, -0.1) is 0 Å². The molecule has 0 bridgehead atoms. The van der Waals surface area contributed by atoms with E-state index in [4.69, 9.17) is 16.3 Å². The molecule has 2 nitrogen and oxygen atoms in total. The van der Waals surface area contributed by atoms with Crippen molar-refractivity contribution in [2.75, 3.05) is 6.61 Å². The maximum atomic E-state index is 11.1. The molecule has 0 saturated heterocycles. The van der Waals surface area contributed by atoms with Crippen LogP contribution in [0.1, 0.15) is 57.1 Å². The van der Waals surface area contributed by atoms with Crippen LogP contribution in [0.4, 0.5) is 0 Å². The minimum absolute atomic E-state index is 0.223. The Balaban J connectivity index is 2.95. The second-order valence-electron chi connectivity index (χ2n) is 5.13. The van der Waals surface area contributed by atoms with Gasteiger partial charge in [0.15, 0.2) is 0 Å². The molecule has 0 aliphatic carbocycles. The minimum atomic E-state index is 0.223. The van der Waals surface area contributed by atoms with Gasteiger partial charge in [-0.3, -0.25) is 0 Å². The number of rotatable bonds is 7. The maximum Gasteiger partial charge on any atom is 0.129 e.